The number of rotatable bonds is 12. The minimum absolute atomic E-state index is 0.719. The highest BCUT2D eigenvalue weighted by Gasteiger charge is 2.36. The molecule has 0 aromatic carbocycles. The SMILES string of the molecule is CCCCCCCC=NCC[Si](OC)(OC)OC. The van der Waals surface area contributed by atoms with E-state index in [1.807, 2.05) is 6.21 Å². The molecule has 0 spiro atoms. The van der Waals surface area contributed by atoms with Crippen LogP contribution in [0.3, 0.4) is 0 Å². The molecule has 5 heteroatoms. The van der Waals surface area contributed by atoms with Crippen molar-refractivity contribution in [3.8, 4) is 0 Å². The Morgan fingerprint density at radius 2 is 1.56 bits per heavy atom. The molecular formula is C13H29NO3Si. The maximum atomic E-state index is 5.33. The average Bonchev–Trinajstić information content (AvgIpc) is 2.42. The smallest absolute Gasteiger partial charge is 0.377 e. The summed E-state index contributed by atoms with van der Waals surface area (Å²) in [6.07, 6.45) is 9.64. The molecule has 0 bridgehead atoms. The quantitative estimate of drug-likeness (QED) is 0.312. The Kier molecular flexibility index (Phi) is 11.7. The standard InChI is InChI=1S/C13H29NO3Si/c1-5-6-7-8-9-10-11-14-12-13-18(15-2,16-3)17-4/h11H,5-10,12-13H2,1-4H3. The third-order valence-electron chi connectivity index (χ3n) is 3.05. The molecule has 0 aliphatic heterocycles. The van der Waals surface area contributed by atoms with E-state index in [1.54, 1.807) is 21.3 Å². The molecule has 108 valence electrons. The molecule has 0 unspecified atom stereocenters. The monoisotopic (exact) mass is 275 g/mol. The lowest BCUT2D eigenvalue weighted by Crippen LogP contribution is -2.43. The van der Waals surface area contributed by atoms with Gasteiger partial charge in [-0.15, -0.1) is 0 Å². The van der Waals surface area contributed by atoms with Crippen molar-refractivity contribution in [2.75, 3.05) is 27.9 Å². The Labute approximate surface area is 113 Å². The minimum Gasteiger partial charge on any atom is -0.377 e. The van der Waals surface area contributed by atoms with Gasteiger partial charge in [-0.25, -0.2) is 0 Å². The van der Waals surface area contributed by atoms with Crippen LogP contribution in [0.2, 0.25) is 6.04 Å². The van der Waals surface area contributed by atoms with Crippen LogP contribution in [0.15, 0.2) is 4.99 Å². The van der Waals surface area contributed by atoms with Crippen LogP contribution in [0.4, 0.5) is 0 Å². The van der Waals surface area contributed by atoms with E-state index < -0.39 is 8.80 Å². The summed E-state index contributed by atoms with van der Waals surface area (Å²) in [6, 6.07) is 0.739. The van der Waals surface area contributed by atoms with Crippen LogP contribution in [-0.2, 0) is 13.3 Å². The van der Waals surface area contributed by atoms with Gasteiger partial charge in [-0.1, -0.05) is 32.6 Å². The molecule has 0 aliphatic rings. The summed E-state index contributed by atoms with van der Waals surface area (Å²) in [5.41, 5.74) is 0. The van der Waals surface area contributed by atoms with Gasteiger partial charge in [-0.05, 0) is 19.1 Å². The van der Waals surface area contributed by atoms with Gasteiger partial charge < -0.3 is 13.3 Å². The summed E-state index contributed by atoms with van der Waals surface area (Å²) in [7, 11) is 2.49. The van der Waals surface area contributed by atoms with Crippen LogP contribution in [-0.4, -0.2) is 42.9 Å². The number of hydrogen-bond donors (Lipinski definition) is 0. The first-order valence-corrected chi connectivity index (χ1v) is 8.81. The van der Waals surface area contributed by atoms with Crippen molar-refractivity contribution < 1.29 is 13.3 Å². The van der Waals surface area contributed by atoms with Crippen LogP contribution in [0.25, 0.3) is 0 Å². The van der Waals surface area contributed by atoms with Crippen molar-refractivity contribution in [3.63, 3.8) is 0 Å². The first-order valence-electron chi connectivity index (χ1n) is 6.88. The van der Waals surface area contributed by atoms with E-state index in [0.29, 0.717) is 0 Å². The third kappa shape index (κ3) is 7.97. The van der Waals surface area contributed by atoms with Crippen molar-refractivity contribution in [1.29, 1.82) is 0 Å². The van der Waals surface area contributed by atoms with Gasteiger partial charge >= 0.3 is 8.80 Å². The van der Waals surface area contributed by atoms with Crippen molar-refractivity contribution >= 4 is 15.0 Å². The molecule has 0 saturated carbocycles. The maximum Gasteiger partial charge on any atom is 0.502 e. The van der Waals surface area contributed by atoms with Gasteiger partial charge in [0.05, 0.1) is 0 Å². The second kappa shape index (κ2) is 11.8. The molecule has 0 aromatic heterocycles. The number of nitrogens with zero attached hydrogens (tertiary/aromatic N) is 1. The summed E-state index contributed by atoms with van der Waals surface area (Å²) in [4.78, 5) is 4.39. The number of unbranched alkanes of at least 4 members (excludes halogenated alkanes) is 5. The van der Waals surface area contributed by atoms with Crippen LogP contribution in [0.5, 0.6) is 0 Å². The van der Waals surface area contributed by atoms with Crippen LogP contribution >= 0.6 is 0 Å². The summed E-state index contributed by atoms with van der Waals surface area (Å²) >= 11 is 0. The van der Waals surface area contributed by atoms with Gasteiger partial charge in [0.15, 0.2) is 0 Å². The molecule has 4 nitrogen and oxygen atoms in total. The Morgan fingerprint density at radius 1 is 0.944 bits per heavy atom. The lowest BCUT2D eigenvalue weighted by atomic mass is 10.1. The molecule has 0 aliphatic carbocycles. The zero-order valence-corrected chi connectivity index (χ0v) is 13.4. The summed E-state index contributed by atoms with van der Waals surface area (Å²) in [5, 5.41) is 0. The highest BCUT2D eigenvalue weighted by molar-refractivity contribution is 6.60. The molecule has 0 N–H and O–H groups in total. The maximum absolute atomic E-state index is 5.33. The predicted molar refractivity (Wildman–Crippen MR) is 78.3 cm³/mol. The fourth-order valence-corrected chi connectivity index (χ4v) is 3.29. The Balaban J connectivity index is 3.57. The van der Waals surface area contributed by atoms with Crippen molar-refractivity contribution in [2.45, 2.75) is 51.5 Å². The van der Waals surface area contributed by atoms with Gasteiger partial charge in [0.2, 0.25) is 0 Å². The van der Waals surface area contributed by atoms with Crippen molar-refractivity contribution in [1.82, 2.24) is 0 Å². The molecule has 0 heterocycles. The van der Waals surface area contributed by atoms with E-state index in [2.05, 4.69) is 11.9 Å². The van der Waals surface area contributed by atoms with Crippen LogP contribution in [0.1, 0.15) is 45.4 Å². The highest BCUT2D eigenvalue weighted by atomic mass is 28.4. The first-order chi connectivity index (χ1) is 8.74. The number of aliphatic imine (C=N–C) groups is 1. The summed E-state index contributed by atoms with van der Waals surface area (Å²) in [5.74, 6) is 0. The molecule has 18 heavy (non-hydrogen) atoms. The van der Waals surface area contributed by atoms with E-state index in [-0.39, 0.29) is 0 Å². The first kappa shape index (κ1) is 17.8. The van der Waals surface area contributed by atoms with E-state index in [9.17, 15) is 0 Å². The fourth-order valence-electron chi connectivity index (χ4n) is 1.78. The number of hydrogen-bond acceptors (Lipinski definition) is 4. The second-order valence-electron chi connectivity index (χ2n) is 4.34. The zero-order chi connectivity index (χ0) is 13.7. The minimum atomic E-state index is -2.42. The fraction of sp³-hybridized carbons (Fsp3) is 0.923. The van der Waals surface area contributed by atoms with E-state index >= 15 is 0 Å². The zero-order valence-electron chi connectivity index (χ0n) is 12.4. The molecule has 0 radical (unpaired) electrons. The average molecular weight is 275 g/mol. The Bertz CT molecular complexity index is 200. The molecule has 0 rings (SSSR count). The lowest BCUT2D eigenvalue weighted by molar-refractivity contribution is 0.124. The molecule has 0 aromatic rings. The van der Waals surface area contributed by atoms with Crippen molar-refractivity contribution in [3.05, 3.63) is 0 Å². The summed E-state index contributed by atoms with van der Waals surface area (Å²) in [6.45, 7) is 2.95. The molecular weight excluding hydrogens is 246 g/mol. The van der Waals surface area contributed by atoms with E-state index in [4.69, 9.17) is 13.3 Å². The van der Waals surface area contributed by atoms with Gasteiger partial charge in [0.1, 0.15) is 0 Å². The molecule has 0 atom stereocenters. The third-order valence-corrected chi connectivity index (χ3v) is 5.75. The topological polar surface area (TPSA) is 40.0 Å². The molecule has 0 amide bonds. The lowest BCUT2D eigenvalue weighted by Gasteiger charge is -2.23. The highest BCUT2D eigenvalue weighted by Crippen LogP contribution is 2.12. The van der Waals surface area contributed by atoms with Gasteiger partial charge in [0, 0.05) is 33.9 Å². The molecule has 0 fully saturated rings. The molecule has 0 saturated heterocycles. The van der Waals surface area contributed by atoms with E-state index in [1.165, 1.54) is 32.1 Å². The normalized spacial score (nSPS) is 12.4. The van der Waals surface area contributed by atoms with Gasteiger partial charge in [-0.3, -0.25) is 4.99 Å². The van der Waals surface area contributed by atoms with Gasteiger partial charge in [-0.2, -0.15) is 0 Å². The van der Waals surface area contributed by atoms with Crippen LogP contribution in [0, 0.1) is 0 Å². The van der Waals surface area contributed by atoms with Gasteiger partial charge in [0.25, 0.3) is 0 Å². The predicted octanol–water partition coefficient (Wildman–Crippen LogP) is 3.30. The van der Waals surface area contributed by atoms with E-state index in [0.717, 1.165) is 19.0 Å². The van der Waals surface area contributed by atoms with Crippen molar-refractivity contribution in [2.24, 2.45) is 4.99 Å². The Hall–Kier alpha value is -0.233. The Morgan fingerprint density at radius 3 is 2.11 bits per heavy atom. The summed E-state index contributed by atoms with van der Waals surface area (Å²) < 4.78 is 16.0. The van der Waals surface area contributed by atoms with Crippen LogP contribution < -0.4 is 0 Å². The largest absolute Gasteiger partial charge is 0.502 e. The second-order valence-corrected chi connectivity index (χ2v) is 7.43.